The van der Waals surface area contributed by atoms with Crippen molar-refractivity contribution in [3.8, 4) is 5.75 Å². The fourth-order valence-electron chi connectivity index (χ4n) is 1.58. The number of hydrogen-bond donors (Lipinski definition) is 2. The first kappa shape index (κ1) is 11.3. The van der Waals surface area contributed by atoms with Gasteiger partial charge in [-0.05, 0) is 42.3 Å². The molecule has 2 aromatic rings. The van der Waals surface area contributed by atoms with Gasteiger partial charge >= 0.3 is 0 Å². The number of aryl methyl sites for hydroxylation is 1. The quantitative estimate of drug-likeness (QED) is 0.624. The summed E-state index contributed by atoms with van der Waals surface area (Å²) >= 11 is 0. The summed E-state index contributed by atoms with van der Waals surface area (Å²) in [5.41, 5.74) is 11.5. The highest BCUT2D eigenvalue weighted by Crippen LogP contribution is 2.20. The van der Waals surface area contributed by atoms with Crippen molar-refractivity contribution >= 4 is 11.4 Å². The number of nitrogens with one attached hydrogen (secondary N) is 1. The number of rotatable bonds is 4. The summed E-state index contributed by atoms with van der Waals surface area (Å²) in [5, 5.41) is 0. The molecule has 2 rings (SSSR count). The maximum atomic E-state index is 5.83. The van der Waals surface area contributed by atoms with Crippen LogP contribution in [0.3, 0.4) is 0 Å². The lowest BCUT2D eigenvalue weighted by atomic mass is 10.1. The van der Waals surface area contributed by atoms with E-state index in [0.29, 0.717) is 0 Å². The molecule has 0 spiro atoms. The summed E-state index contributed by atoms with van der Waals surface area (Å²) in [6.07, 6.45) is 0.897. The molecule has 0 heterocycles. The van der Waals surface area contributed by atoms with Crippen LogP contribution in [-0.2, 0) is 6.42 Å². The second-order valence-electron chi connectivity index (χ2n) is 3.78. The Hall–Kier alpha value is -2.16. The van der Waals surface area contributed by atoms with Gasteiger partial charge in [-0.2, -0.15) is 0 Å². The van der Waals surface area contributed by atoms with E-state index in [0.717, 1.165) is 29.1 Å². The Kier molecular flexibility index (Phi) is 3.50. The minimum atomic E-state index is 0.764. The van der Waals surface area contributed by atoms with Crippen LogP contribution in [0, 0.1) is 0 Å². The van der Waals surface area contributed by atoms with Gasteiger partial charge in [0.15, 0.2) is 5.75 Å². The van der Waals surface area contributed by atoms with Crippen molar-refractivity contribution in [2.24, 2.45) is 0 Å². The van der Waals surface area contributed by atoms with E-state index in [9.17, 15) is 0 Å². The zero-order valence-corrected chi connectivity index (χ0v) is 9.81. The largest absolute Gasteiger partial charge is 0.399 e. The maximum absolute atomic E-state index is 5.83. The molecule has 0 radical (unpaired) electrons. The van der Waals surface area contributed by atoms with Gasteiger partial charge in [0, 0.05) is 5.69 Å². The van der Waals surface area contributed by atoms with Gasteiger partial charge in [0.25, 0.3) is 0 Å². The van der Waals surface area contributed by atoms with Gasteiger partial charge in [-0.25, -0.2) is 5.48 Å². The summed E-state index contributed by atoms with van der Waals surface area (Å²) in [6.45, 7) is 2.07. The van der Waals surface area contributed by atoms with Gasteiger partial charge in [0.2, 0.25) is 0 Å². The van der Waals surface area contributed by atoms with Crippen LogP contribution in [0.2, 0.25) is 0 Å². The van der Waals surface area contributed by atoms with Crippen molar-refractivity contribution in [3.05, 3.63) is 54.1 Å². The highest BCUT2D eigenvalue weighted by Gasteiger charge is 2.00. The standard InChI is InChI=1S/C14H16N2O/c1-2-11-10-13(8-9-14(11)15)17-16-12-6-4-3-5-7-12/h3-10,16H,2,15H2,1H3. The van der Waals surface area contributed by atoms with Crippen LogP contribution in [0.25, 0.3) is 0 Å². The second-order valence-corrected chi connectivity index (χ2v) is 3.78. The maximum Gasteiger partial charge on any atom is 0.155 e. The van der Waals surface area contributed by atoms with Gasteiger partial charge in [-0.1, -0.05) is 25.1 Å². The van der Waals surface area contributed by atoms with Crippen molar-refractivity contribution < 1.29 is 4.84 Å². The molecule has 0 aliphatic rings. The van der Waals surface area contributed by atoms with Crippen molar-refractivity contribution in [1.82, 2.24) is 0 Å². The van der Waals surface area contributed by atoms with Crippen molar-refractivity contribution in [2.75, 3.05) is 11.2 Å². The van der Waals surface area contributed by atoms with Crippen LogP contribution in [0.4, 0.5) is 11.4 Å². The first-order valence-corrected chi connectivity index (χ1v) is 5.66. The van der Waals surface area contributed by atoms with E-state index in [4.69, 9.17) is 10.6 Å². The predicted octanol–water partition coefficient (Wildman–Crippen LogP) is 3.24. The number of para-hydroxylation sites is 1. The SMILES string of the molecule is CCc1cc(ONc2ccccc2)ccc1N. The van der Waals surface area contributed by atoms with Crippen molar-refractivity contribution in [3.63, 3.8) is 0 Å². The lowest BCUT2D eigenvalue weighted by Crippen LogP contribution is -2.05. The number of nitrogens with two attached hydrogens (primary N) is 1. The third-order valence-electron chi connectivity index (χ3n) is 2.56. The van der Waals surface area contributed by atoms with Crippen LogP contribution < -0.4 is 16.1 Å². The number of nitrogen functional groups attached to an aromatic ring is 1. The lowest BCUT2D eigenvalue weighted by Gasteiger charge is -2.10. The van der Waals surface area contributed by atoms with E-state index in [-0.39, 0.29) is 0 Å². The molecule has 0 bridgehead atoms. The second kappa shape index (κ2) is 5.25. The van der Waals surface area contributed by atoms with Gasteiger partial charge in [-0.3, -0.25) is 0 Å². The van der Waals surface area contributed by atoms with Crippen molar-refractivity contribution in [1.29, 1.82) is 0 Å². The van der Waals surface area contributed by atoms with E-state index >= 15 is 0 Å². The van der Waals surface area contributed by atoms with E-state index in [1.54, 1.807) is 0 Å². The number of anilines is 2. The van der Waals surface area contributed by atoms with E-state index in [1.165, 1.54) is 0 Å². The number of hydrogen-bond acceptors (Lipinski definition) is 3. The highest BCUT2D eigenvalue weighted by atomic mass is 16.6. The zero-order valence-electron chi connectivity index (χ0n) is 9.81. The van der Waals surface area contributed by atoms with Crippen LogP contribution in [0.5, 0.6) is 5.75 Å². The summed E-state index contributed by atoms with van der Waals surface area (Å²) in [7, 11) is 0. The highest BCUT2D eigenvalue weighted by molar-refractivity contribution is 5.51. The molecular formula is C14H16N2O. The first-order valence-electron chi connectivity index (χ1n) is 5.66. The predicted molar refractivity (Wildman–Crippen MR) is 70.9 cm³/mol. The number of benzene rings is 2. The molecule has 0 amide bonds. The average molecular weight is 228 g/mol. The van der Waals surface area contributed by atoms with Crippen LogP contribution in [-0.4, -0.2) is 0 Å². The molecular weight excluding hydrogens is 212 g/mol. The molecule has 0 aromatic heterocycles. The minimum absolute atomic E-state index is 0.764. The van der Waals surface area contributed by atoms with E-state index < -0.39 is 0 Å². The topological polar surface area (TPSA) is 47.3 Å². The molecule has 0 atom stereocenters. The van der Waals surface area contributed by atoms with Gasteiger partial charge < -0.3 is 10.6 Å². The Morgan fingerprint density at radius 2 is 1.88 bits per heavy atom. The van der Waals surface area contributed by atoms with Crippen LogP contribution >= 0.6 is 0 Å². The van der Waals surface area contributed by atoms with Gasteiger partial charge in [-0.15, -0.1) is 0 Å². The monoisotopic (exact) mass is 228 g/mol. The molecule has 3 heteroatoms. The molecule has 88 valence electrons. The average Bonchev–Trinajstić information content (AvgIpc) is 2.39. The Morgan fingerprint density at radius 1 is 1.12 bits per heavy atom. The Balaban J connectivity index is 2.04. The summed E-state index contributed by atoms with van der Waals surface area (Å²) in [6, 6.07) is 15.4. The third-order valence-corrected chi connectivity index (χ3v) is 2.56. The molecule has 2 aromatic carbocycles. The molecule has 0 fully saturated rings. The van der Waals surface area contributed by atoms with E-state index in [2.05, 4.69) is 12.4 Å². The summed E-state index contributed by atoms with van der Waals surface area (Å²) in [5.74, 6) is 0.764. The molecule has 0 aliphatic carbocycles. The molecule has 0 aliphatic heterocycles. The smallest absolute Gasteiger partial charge is 0.155 e. The third kappa shape index (κ3) is 2.91. The zero-order chi connectivity index (χ0) is 12.1. The summed E-state index contributed by atoms with van der Waals surface area (Å²) < 4.78 is 0. The Bertz CT molecular complexity index is 483. The fourth-order valence-corrected chi connectivity index (χ4v) is 1.58. The Labute approximate surface area is 101 Å². The Morgan fingerprint density at radius 3 is 2.59 bits per heavy atom. The summed E-state index contributed by atoms with van der Waals surface area (Å²) in [4.78, 5) is 5.48. The normalized spacial score (nSPS) is 9.94. The first-order chi connectivity index (χ1) is 8.29. The molecule has 3 N–H and O–H groups in total. The fraction of sp³-hybridized carbons (Fsp3) is 0.143. The van der Waals surface area contributed by atoms with Gasteiger partial charge in [0.05, 0.1) is 5.69 Å². The molecule has 0 unspecified atom stereocenters. The van der Waals surface area contributed by atoms with E-state index in [1.807, 2.05) is 48.5 Å². The molecule has 0 saturated carbocycles. The molecule has 3 nitrogen and oxygen atoms in total. The molecule has 0 saturated heterocycles. The lowest BCUT2D eigenvalue weighted by molar-refractivity contribution is 0.405. The van der Waals surface area contributed by atoms with Crippen LogP contribution in [0.1, 0.15) is 12.5 Å². The van der Waals surface area contributed by atoms with Crippen LogP contribution in [0.15, 0.2) is 48.5 Å². The van der Waals surface area contributed by atoms with Gasteiger partial charge in [0.1, 0.15) is 0 Å². The molecule has 17 heavy (non-hydrogen) atoms. The van der Waals surface area contributed by atoms with Crippen molar-refractivity contribution in [2.45, 2.75) is 13.3 Å². The minimum Gasteiger partial charge on any atom is -0.399 e.